The van der Waals surface area contributed by atoms with Crippen LogP contribution in [0.3, 0.4) is 0 Å². The molecule has 0 aromatic carbocycles. The van der Waals surface area contributed by atoms with E-state index in [4.69, 9.17) is 4.74 Å². The Morgan fingerprint density at radius 1 is 1.10 bits per heavy atom. The van der Waals surface area contributed by atoms with Crippen molar-refractivity contribution in [1.29, 1.82) is 0 Å². The normalized spacial score (nSPS) is 13.8. The first-order valence-electron chi connectivity index (χ1n) is 11.3. The Hall–Kier alpha value is -1.95. The number of carbonyl (C=O) groups is 2. The summed E-state index contributed by atoms with van der Waals surface area (Å²) in [6, 6.07) is 3.97. The molecule has 29 heavy (non-hydrogen) atoms. The van der Waals surface area contributed by atoms with Gasteiger partial charge in [-0.2, -0.15) is 4.57 Å². The fourth-order valence-electron chi connectivity index (χ4n) is 3.50. The van der Waals surface area contributed by atoms with Crippen LogP contribution >= 0.6 is 0 Å². The van der Waals surface area contributed by atoms with Gasteiger partial charge in [-0.1, -0.05) is 51.9 Å². The molecule has 6 nitrogen and oxygen atoms in total. The molecule has 1 saturated heterocycles. The predicted molar refractivity (Wildman–Crippen MR) is 113 cm³/mol. The Morgan fingerprint density at radius 3 is 2.45 bits per heavy atom. The molecule has 0 atom stereocenters. The molecular weight excluding hydrogens is 366 g/mol. The van der Waals surface area contributed by atoms with Crippen molar-refractivity contribution in [2.24, 2.45) is 0 Å². The number of hydrogen-bond acceptors (Lipinski definition) is 3. The average molecular weight is 405 g/mol. The lowest BCUT2D eigenvalue weighted by molar-refractivity contribution is -0.732. The van der Waals surface area contributed by atoms with Gasteiger partial charge in [0.15, 0.2) is 12.4 Å². The fraction of sp³-hybridized carbons (Fsp3) is 0.696. The first-order chi connectivity index (χ1) is 14.2. The molecule has 0 unspecified atom stereocenters. The molecule has 0 spiro atoms. The maximum atomic E-state index is 12.0. The maximum Gasteiger partial charge on any atom is 0.252 e. The standard InChI is InChI=1S/C23H37N3O3/c1-2-3-4-5-6-7-8-9-17-29-20-25-15-12-21(13-16-25)18-24-22(27)19-26-14-10-11-23(26)28/h12-13,15-16H,2-11,14,17-20H2,1H3/p+1. The molecule has 6 heteroatoms. The van der Waals surface area contributed by atoms with Crippen LogP contribution in [-0.4, -0.2) is 36.4 Å². The van der Waals surface area contributed by atoms with Gasteiger partial charge in [-0.3, -0.25) is 9.59 Å². The summed E-state index contributed by atoms with van der Waals surface area (Å²) < 4.78 is 7.74. The number of amides is 2. The minimum Gasteiger partial charge on any atom is -0.350 e. The summed E-state index contributed by atoms with van der Waals surface area (Å²) in [7, 11) is 0. The van der Waals surface area contributed by atoms with E-state index in [2.05, 4.69) is 12.2 Å². The molecule has 1 aliphatic heterocycles. The molecular formula is C23H38N3O3+. The van der Waals surface area contributed by atoms with E-state index in [1.54, 1.807) is 4.90 Å². The molecule has 0 aliphatic carbocycles. The van der Waals surface area contributed by atoms with Crippen LogP contribution in [0.15, 0.2) is 24.5 Å². The van der Waals surface area contributed by atoms with Gasteiger partial charge in [0.1, 0.15) is 0 Å². The van der Waals surface area contributed by atoms with Gasteiger partial charge in [-0.25, -0.2) is 0 Å². The third-order valence-corrected chi connectivity index (χ3v) is 5.34. The van der Waals surface area contributed by atoms with Crippen LogP contribution in [0.4, 0.5) is 0 Å². The SMILES string of the molecule is CCCCCCCCCCOC[n+]1ccc(CNC(=O)CN2CCCC2=O)cc1. The number of pyridine rings is 1. The highest BCUT2D eigenvalue weighted by Crippen LogP contribution is 2.09. The van der Waals surface area contributed by atoms with Crippen LogP contribution in [0.25, 0.3) is 0 Å². The van der Waals surface area contributed by atoms with E-state index in [1.807, 2.05) is 29.1 Å². The fourth-order valence-corrected chi connectivity index (χ4v) is 3.50. The van der Waals surface area contributed by atoms with E-state index in [-0.39, 0.29) is 18.4 Å². The maximum absolute atomic E-state index is 12.0. The molecule has 0 bridgehead atoms. The van der Waals surface area contributed by atoms with E-state index in [9.17, 15) is 9.59 Å². The summed E-state index contributed by atoms with van der Waals surface area (Å²) in [5.41, 5.74) is 1.03. The number of rotatable bonds is 15. The Morgan fingerprint density at radius 2 is 1.79 bits per heavy atom. The van der Waals surface area contributed by atoms with Crippen molar-refractivity contribution in [3.8, 4) is 0 Å². The molecule has 1 aromatic heterocycles. The number of nitrogens with zero attached hydrogens (tertiary/aromatic N) is 2. The molecule has 1 aliphatic rings. The quantitative estimate of drug-likeness (QED) is 0.360. The van der Waals surface area contributed by atoms with Crippen LogP contribution in [0.2, 0.25) is 0 Å². The van der Waals surface area contributed by atoms with Crippen molar-refractivity contribution in [2.75, 3.05) is 19.7 Å². The number of hydrogen-bond donors (Lipinski definition) is 1. The molecule has 2 heterocycles. The molecule has 1 N–H and O–H groups in total. The predicted octanol–water partition coefficient (Wildman–Crippen LogP) is 3.33. The number of likely N-dealkylation sites (tertiary alicyclic amines) is 1. The molecule has 2 rings (SSSR count). The lowest BCUT2D eigenvalue weighted by atomic mass is 10.1. The minimum atomic E-state index is -0.106. The van der Waals surface area contributed by atoms with E-state index >= 15 is 0 Å². The molecule has 1 fully saturated rings. The molecule has 1 aromatic rings. The van der Waals surface area contributed by atoms with Gasteiger partial charge >= 0.3 is 0 Å². The van der Waals surface area contributed by atoms with Gasteiger partial charge < -0.3 is 15.0 Å². The number of ether oxygens (including phenoxy) is 1. The summed E-state index contributed by atoms with van der Waals surface area (Å²) in [5.74, 6) is -0.0291. The second-order valence-corrected chi connectivity index (χ2v) is 7.93. The van der Waals surface area contributed by atoms with Gasteiger partial charge in [-0.15, -0.1) is 0 Å². The summed E-state index contributed by atoms with van der Waals surface area (Å²) in [5, 5.41) is 2.88. The van der Waals surface area contributed by atoms with E-state index in [0.717, 1.165) is 25.0 Å². The van der Waals surface area contributed by atoms with Crippen LogP contribution in [0.5, 0.6) is 0 Å². The van der Waals surface area contributed by atoms with Gasteiger partial charge in [0, 0.05) is 31.6 Å². The highest BCUT2D eigenvalue weighted by molar-refractivity contribution is 5.85. The van der Waals surface area contributed by atoms with Crippen molar-refractivity contribution in [3.63, 3.8) is 0 Å². The first-order valence-corrected chi connectivity index (χ1v) is 11.3. The number of aromatic nitrogens is 1. The van der Waals surface area contributed by atoms with Gasteiger partial charge in [0.25, 0.3) is 6.73 Å². The Balaban J connectivity index is 1.51. The Kier molecular flexibility index (Phi) is 11.3. The van der Waals surface area contributed by atoms with Crippen LogP contribution in [0.1, 0.15) is 76.7 Å². The van der Waals surface area contributed by atoms with Crippen LogP contribution < -0.4 is 9.88 Å². The monoisotopic (exact) mass is 404 g/mol. The minimum absolute atomic E-state index is 0.0767. The van der Waals surface area contributed by atoms with Gasteiger partial charge in [0.05, 0.1) is 13.2 Å². The third-order valence-electron chi connectivity index (χ3n) is 5.34. The zero-order valence-electron chi connectivity index (χ0n) is 18.0. The number of unbranched alkanes of at least 4 members (excludes halogenated alkanes) is 7. The summed E-state index contributed by atoms with van der Waals surface area (Å²) in [6.07, 6.45) is 15.8. The van der Waals surface area contributed by atoms with Gasteiger partial charge in [0.2, 0.25) is 11.8 Å². The van der Waals surface area contributed by atoms with Crippen LogP contribution in [0, 0.1) is 0 Å². The van der Waals surface area contributed by atoms with E-state index in [1.165, 1.54) is 44.9 Å². The van der Waals surface area contributed by atoms with Gasteiger partial charge in [-0.05, 0) is 18.4 Å². The van der Waals surface area contributed by atoms with E-state index < -0.39 is 0 Å². The van der Waals surface area contributed by atoms with Crippen LogP contribution in [-0.2, 0) is 27.6 Å². The summed E-state index contributed by atoms with van der Waals surface area (Å²) in [4.78, 5) is 25.2. The zero-order chi connectivity index (χ0) is 20.7. The van der Waals surface area contributed by atoms with Crippen molar-refractivity contribution in [3.05, 3.63) is 30.1 Å². The van der Waals surface area contributed by atoms with Crippen molar-refractivity contribution >= 4 is 11.8 Å². The van der Waals surface area contributed by atoms with E-state index in [0.29, 0.717) is 26.2 Å². The lowest BCUT2D eigenvalue weighted by Gasteiger charge is -2.14. The Bertz CT molecular complexity index is 604. The molecule has 0 saturated carbocycles. The molecule has 162 valence electrons. The third kappa shape index (κ3) is 9.88. The topological polar surface area (TPSA) is 62.5 Å². The van der Waals surface area contributed by atoms with Crippen molar-refractivity contribution in [2.45, 2.75) is 84.4 Å². The highest BCUT2D eigenvalue weighted by atomic mass is 16.5. The first kappa shape index (κ1) is 23.3. The Labute approximate surface area is 175 Å². The summed E-state index contributed by atoms with van der Waals surface area (Å²) >= 11 is 0. The number of carbonyl (C=O) groups excluding carboxylic acids is 2. The lowest BCUT2D eigenvalue weighted by Crippen LogP contribution is -2.38. The van der Waals surface area contributed by atoms with Crippen molar-refractivity contribution in [1.82, 2.24) is 10.2 Å². The average Bonchev–Trinajstić information content (AvgIpc) is 3.13. The second-order valence-electron chi connectivity index (χ2n) is 7.93. The van der Waals surface area contributed by atoms with Crippen molar-refractivity contribution < 1.29 is 18.9 Å². The second kappa shape index (κ2) is 14.1. The zero-order valence-corrected chi connectivity index (χ0v) is 18.0. The largest absolute Gasteiger partial charge is 0.350 e. The number of nitrogens with one attached hydrogen (secondary N) is 1. The smallest absolute Gasteiger partial charge is 0.252 e. The highest BCUT2D eigenvalue weighted by Gasteiger charge is 2.22. The molecule has 2 amide bonds. The molecule has 0 radical (unpaired) electrons. The summed E-state index contributed by atoms with van der Waals surface area (Å²) in [6.45, 7) is 4.94.